The predicted octanol–water partition coefficient (Wildman–Crippen LogP) is 2.60. The number of esters is 1. The van der Waals surface area contributed by atoms with Crippen LogP contribution in [0.3, 0.4) is 0 Å². The molecule has 0 amide bonds. The van der Waals surface area contributed by atoms with Crippen molar-refractivity contribution in [3.05, 3.63) is 11.6 Å². The Bertz CT molecular complexity index is 176. The lowest BCUT2D eigenvalue weighted by Crippen LogP contribution is -2.08. The third-order valence-electron chi connectivity index (χ3n) is 1.81. The summed E-state index contributed by atoms with van der Waals surface area (Å²) in [6, 6.07) is 0. The average molecular weight is 202 g/mol. The molecule has 0 fully saturated rings. The SMILES string of the molecule is CC=C(CCCC)COC(=O)CS. The number of rotatable bonds is 6. The highest BCUT2D eigenvalue weighted by atomic mass is 32.1. The fourth-order valence-electron chi connectivity index (χ4n) is 0.923. The standard InChI is InChI=1S/C10H18O2S/c1-3-5-6-9(4-2)7-12-10(11)8-13/h4,13H,3,5-8H2,1-2H3. The van der Waals surface area contributed by atoms with Crippen molar-refractivity contribution in [3.63, 3.8) is 0 Å². The van der Waals surface area contributed by atoms with Crippen molar-refractivity contribution in [1.82, 2.24) is 0 Å². The van der Waals surface area contributed by atoms with Crippen LogP contribution in [0.15, 0.2) is 11.6 Å². The van der Waals surface area contributed by atoms with Crippen LogP contribution >= 0.6 is 12.6 Å². The molecule has 0 aliphatic carbocycles. The number of ether oxygens (including phenoxy) is 1. The van der Waals surface area contributed by atoms with Crippen molar-refractivity contribution in [2.75, 3.05) is 12.4 Å². The summed E-state index contributed by atoms with van der Waals surface area (Å²) in [4.78, 5) is 10.8. The molecule has 0 heterocycles. The maximum absolute atomic E-state index is 10.8. The van der Waals surface area contributed by atoms with Gasteiger partial charge in [-0.1, -0.05) is 19.4 Å². The van der Waals surface area contributed by atoms with Gasteiger partial charge in [0.05, 0.1) is 5.75 Å². The van der Waals surface area contributed by atoms with Crippen molar-refractivity contribution >= 4 is 18.6 Å². The largest absolute Gasteiger partial charge is 0.461 e. The fraction of sp³-hybridized carbons (Fsp3) is 0.700. The van der Waals surface area contributed by atoms with Crippen molar-refractivity contribution in [2.45, 2.75) is 33.1 Å². The first kappa shape index (κ1) is 12.6. The molecule has 0 atom stereocenters. The highest BCUT2D eigenvalue weighted by molar-refractivity contribution is 7.81. The molecule has 0 spiro atoms. The molecule has 0 aromatic rings. The van der Waals surface area contributed by atoms with Crippen LogP contribution in [0.2, 0.25) is 0 Å². The van der Waals surface area contributed by atoms with E-state index in [1.165, 1.54) is 5.57 Å². The maximum Gasteiger partial charge on any atom is 0.315 e. The van der Waals surface area contributed by atoms with Gasteiger partial charge in [-0.2, -0.15) is 12.6 Å². The summed E-state index contributed by atoms with van der Waals surface area (Å²) >= 11 is 3.82. The molecule has 0 bridgehead atoms. The molecule has 3 heteroatoms. The molecule has 0 radical (unpaired) electrons. The van der Waals surface area contributed by atoms with Gasteiger partial charge < -0.3 is 4.74 Å². The van der Waals surface area contributed by atoms with Crippen molar-refractivity contribution in [1.29, 1.82) is 0 Å². The third-order valence-corrected chi connectivity index (χ3v) is 2.07. The van der Waals surface area contributed by atoms with E-state index in [1.54, 1.807) is 0 Å². The number of hydrogen-bond acceptors (Lipinski definition) is 3. The van der Waals surface area contributed by atoms with E-state index in [9.17, 15) is 4.79 Å². The van der Waals surface area contributed by atoms with Gasteiger partial charge in [0.2, 0.25) is 0 Å². The summed E-state index contributed by atoms with van der Waals surface area (Å²) in [5.74, 6) is -0.0932. The number of thiol groups is 1. The smallest absolute Gasteiger partial charge is 0.315 e. The first-order chi connectivity index (χ1) is 6.24. The first-order valence-electron chi connectivity index (χ1n) is 4.65. The monoisotopic (exact) mass is 202 g/mol. The zero-order valence-corrected chi connectivity index (χ0v) is 9.27. The lowest BCUT2D eigenvalue weighted by atomic mass is 10.1. The van der Waals surface area contributed by atoms with Gasteiger partial charge >= 0.3 is 5.97 Å². The Balaban J connectivity index is 3.67. The summed E-state index contributed by atoms with van der Waals surface area (Å²) in [6.07, 6.45) is 5.35. The Morgan fingerprint density at radius 3 is 2.69 bits per heavy atom. The first-order valence-corrected chi connectivity index (χ1v) is 5.28. The summed E-state index contributed by atoms with van der Waals surface area (Å²) in [6.45, 7) is 4.54. The zero-order chi connectivity index (χ0) is 10.1. The molecule has 0 rings (SSSR count). The third kappa shape index (κ3) is 6.70. The zero-order valence-electron chi connectivity index (χ0n) is 8.38. The van der Waals surface area contributed by atoms with Gasteiger partial charge in [-0.3, -0.25) is 4.79 Å². The van der Waals surface area contributed by atoms with Crippen LogP contribution in [0.5, 0.6) is 0 Å². The van der Waals surface area contributed by atoms with Crippen LogP contribution in [0, 0.1) is 0 Å². The molecule has 0 unspecified atom stereocenters. The van der Waals surface area contributed by atoms with Gasteiger partial charge in [0, 0.05) is 0 Å². The van der Waals surface area contributed by atoms with Crippen LogP contribution < -0.4 is 0 Å². The van der Waals surface area contributed by atoms with Crippen molar-refractivity contribution in [2.24, 2.45) is 0 Å². The minimum Gasteiger partial charge on any atom is -0.461 e. The van der Waals surface area contributed by atoms with E-state index in [2.05, 4.69) is 19.6 Å². The second-order valence-corrected chi connectivity index (χ2v) is 3.19. The summed E-state index contributed by atoms with van der Waals surface area (Å²) < 4.78 is 4.96. The minimum atomic E-state index is -0.251. The molecule has 0 aromatic carbocycles. The lowest BCUT2D eigenvalue weighted by Gasteiger charge is -2.06. The highest BCUT2D eigenvalue weighted by Crippen LogP contribution is 2.07. The quantitative estimate of drug-likeness (QED) is 0.407. The van der Waals surface area contributed by atoms with Gasteiger partial charge in [0.1, 0.15) is 6.61 Å². The highest BCUT2D eigenvalue weighted by Gasteiger charge is 2.01. The second kappa shape index (κ2) is 8.17. The van der Waals surface area contributed by atoms with Gasteiger partial charge in [0.15, 0.2) is 0 Å². The molecular formula is C10H18O2S. The van der Waals surface area contributed by atoms with Crippen LogP contribution in [-0.4, -0.2) is 18.3 Å². The number of carbonyl (C=O) groups excluding carboxylic acids is 1. The number of unbranched alkanes of at least 4 members (excludes halogenated alkanes) is 1. The van der Waals surface area contributed by atoms with Crippen LogP contribution in [0.1, 0.15) is 33.1 Å². The molecule has 0 aromatic heterocycles. The Hall–Kier alpha value is -0.440. The second-order valence-electron chi connectivity index (χ2n) is 2.87. The van der Waals surface area contributed by atoms with Gasteiger partial charge in [-0.15, -0.1) is 0 Å². The predicted molar refractivity (Wildman–Crippen MR) is 58.1 cm³/mol. The molecule has 0 aliphatic heterocycles. The Labute approximate surface area is 85.8 Å². The van der Waals surface area contributed by atoms with E-state index < -0.39 is 0 Å². The van der Waals surface area contributed by atoms with Crippen LogP contribution in [0.4, 0.5) is 0 Å². The maximum atomic E-state index is 10.8. The number of carbonyl (C=O) groups is 1. The Morgan fingerprint density at radius 2 is 2.23 bits per heavy atom. The lowest BCUT2D eigenvalue weighted by molar-refractivity contribution is -0.139. The Morgan fingerprint density at radius 1 is 1.54 bits per heavy atom. The number of hydrogen-bond donors (Lipinski definition) is 1. The molecule has 0 saturated heterocycles. The minimum absolute atomic E-state index is 0.158. The van der Waals surface area contributed by atoms with E-state index in [1.807, 2.05) is 13.0 Å². The van der Waals surface area contributed by atoms with E-state index in [4.69, 9.17) is 4.74 Å². The van der Waals surface area contributed by atoms with E-state index >= 15 is 0 Å². The van der Waals surface area contributed by atoms with E-state index in [0.29, 0.717) is 6.61 Å². The molecule has 76 valence electrons. The van der Waals surface area contributed by atoms with Gasteiger partial charge in [0.25, 0.3) is 0 Å². The van der Waals surface area contributed by atoms with Gasteiger partial charge in [-0.05, 0) is 25.3 Å². The molecule has 0 saturated carbocycles. The van der Waals surface area contributed by atoms with Crippen LogP contribution in [0.25, 0.3) is 0 Å². The number of allylic oxidation sites excluding steroid dienone is 1. The Kier molecular flexibility index (Phi) is 7.90. The van der Waals surface area contributed by atoms with Crippen molar-refractivity contribution in [3.8, 4) is 0 Å². The molecule has 0 aliphatic rings. The fourth-order valence-corrected chi connectivity index (χ4v) is 1.01. The molecular weight excluding hydrogens is 184 g/mol. The van der Waals surface area contributed by atoms with Gasteiger partial charge in [-0.25, -0.2) is 0 Å². The molecule has 2 nitrogen and oxygen atoms in total. The summed E-state index contributed by atoms with van der Waals surface area (Å²) in [5.41, 5.74) is 1.19. The van der Waals surface area contributed by atoms with Crippen LogP contribution in [-0.2, 0) is 9.53 Å². The van der Waals surface area contributed by atoms with E-state index in [-0.39, 0.29) is 11.7 Å². The van der Waals surface area contributed by atoms with E-state index in [0.717, 1.165) is 19.3 Å². The average Bonchev–Trinajstić information content (AvgIpc) is 2.17. The molecule has 0 N–H and O–H groups in total. The summed E-state index contributed by atoms with van der Waals surface area (Å²) in [5, 5.41) is 0. The van der Waals surface area contributed by atoms with Crippen molar-refractivity contribution < 1.29 is 9.53 Å². The summed E-state index contributed by atoms with van der Waals surface area (Å²) in [7, 11) is 0. The topological polar surface area (TPSA) is 26.3 Å². The molecule has 13 heavy (non-hydrogen) atoms. The normalized spacial score (nSPS) is 11.5.